The van der Waals surface area contributed by atoms with Crippen LogP contribution in [0.15, 0.2) is 22.9 Å². The van der Waals surface area contributed by atoms with E-state index in [0.29, 0.717) is 0 Å². The van der Waals surface area contributed by atoms with Gasteiger partial charge in [0.15, 0.2) is 0 Å². The van der Waals surface area contributed by atoms with Gasteiger partial charge >= 0.3 is 5.97 Å². The van der Waals surface area contributed by atoms with Crippen molar-refractivity contribution in [3.05, 3.63) is 33.6 Å². The van der Waals surface area contributed by atoms with Crippen LogP contribution in [0, 0.1) is 0 Å². The van der Waals surface area contributed by atoms with Crippen molar-refractivity contribution in [3.63, 3.8) is 0 Å². The van der Waals surface area contributed by atoms with Gasteiger partial charge in [0.05, 0.1) is 17.8 Å². The van der Waals surface area contributed by atoms with E-state index in [1.807, 2.05) is 0 Å². The summed E-state index contributed by atoms with van der Waals surface area (Å²) in [7, 11) is 3.35. The van der Waals surface area contributed by atoms with Gasteiger partial charge < -0.3 is 14.9 Å². The highest BCUT2D eigenvalue weighted by atomic mass is 35.5. The van der Waals surface area contributed by atoms with Crippen molar-refractivity contribution in [2.75, 3.05) is 20.7 Å². The first-order valence-corrected chi connectivity index (χ1v) is 6.75. The van der Waals surface area contributed by atoms with Crippen LogP contribution in [-0.2, 0) is 9.53 Å². The number of carbonyl (C=O) groups is 1. The number of aliphatic hydroxyl groups is 1. The van der Waals surface area contributed by atoms with Crippen LogP contribution in [0.2, 0.25) is 10.2 Å². The number of esters is 1. The summed E-state index contributed by atoms with van der Waals surface area (Å²) in [5, 5.41) is 16.0. The Kier molecular flexibility index (Phi) is 6.45. The molecule has 0 aliphatic heterocycles. The van der Waals surface area contributed by atoms with Crippen LogP contribution >= 0.6 is 23.2 Å². The van der Waals surface area contributed by atoms with Gasteiger partial charge in [0, 0.05) is 25.9 Å². The van der Waals surface area contributed by atoms with E-state index in [9.17, 15) is 9.90 Å². The minimum absolute atomic E-state index is 0.130. The zero-order valence-corrected chi connectivity index (χ0v) is 13.3. The lowest BCUT2D eigenvalue weighted by Crippen LogP contribution is -2.13. The number of hydrogen-bond acceptors (Lipinski definition) is 6. The lowest BCUT2D eigenvalue weighted by Gasteiger charge is -2.09. The highest BCUT2D eigenvalue weighted by molar-refractivity contribution is 6.34. The van der Waals surface area contributed by atoms with Gasteiger partial charge in [0.2, 0.25) is 0 Å². The molecule has 0 aliphatic rings. The Balaban J connectivity index is 3.37. The Morgan fingerprint density at radius 2 is 2.19 bits per heavy atom. The second-order valence-electron chi connectivity index (χ2n) is 4.06. The highest BCUT2D eigenvalue weighted by Crippen LogP contribution is 2.26. The molecule has 0 saturated heterocycles. The average Bonchev–Trinajstić information content (AvgIpc) is 2.41. The molecule has 1 rings (SSSR count). The van der Waals surface area contributed by atoms with Gasteiger partial charge in [-0.2, -0.15) is 5.10 Å². The molecule has 6 nitrogen and oxygen atoms in total. The second-order valence-corrected chi connectivity index (χ2v) is 4.86. The first-order chi connectivity index (χ1) is 9.86. The maximum atomic E-state index is 11.9. The molecule has 1 N–H and O–H groups in total. The second kappa shape index (κ2) is 7.85. The zero-order valence-electron chi connectivity index (χ0n) is 11.8. The van der Waals surface area contributed by atoms with E-state index in [1.54, 1.807) is 21.0 Å². The number of pyridine rings is 1. The van der Waals surface area contributed by atoms with Crippen LogP contribution in [-0.4, -0.2) is 48.0 Å². The molecule has 0 bridgehead atoms. The van der Waals surface area contributed by atoms with Crippen molar-refractivity contribution < 1.29 is 14.6 Å². The molecule has 21 heavy (non-hydrogen) atoms. The average molecular weight is 332 g/mol. The molecule has 1 aromatic rings. The summed E-state index contributed by atoms with van der Waals surface area (Å²) in [5.41, 5.74) is 0.0413. The van der Waals surface area contributed by atoms with E-state index in [4.69, 9.17) is 27.9 Å². The number of hydrogen-bond donors (Lipinski definition) is 1. The third-order valence-electron chi connectivity index (χ3n) is 2.25. The Hall–Kier alpha value is -1.79. The molecule has 114 valence electrons. The van der Waals surface area contributed by atoms with Crippen molar-refractivity contribution in [1.82, 2.24) is 9.99 Å². The maximum absolute atomic E-state index is 11.9. The first kappa shape index (κ1) is 17.3. The summed E-state index contributed by atoms with van der Waals surface area (Å²) < 4.78 is 4.89. The number of nitrogens with zero attached hydrogens (tertiary/aromatic N) is 3. The lowest BCUT2D eigenvalue weighted by atomic mass is 10.1. The minimum atomic E-state index is -0.718. The normalized spacial score (nSPS) is 12.2. The van der Waals surface area contributed by atoms with Crippen LogP contribution in [0.3, 0.4) is 0 Å². The summed E-state index contributed by atoms with van der Waals surface area (Å²) >= 11 is 11.7. The molecule has 8 heteroatoms. The molecule has 0 spiro atoms. The molecule has 0 fully saturated rings. The number of halogens is 2. The summed E-state index contributed by atoms with van der Waals surface area (Å²) in [6.45, 7) is 1.82. The van der Waals surface area contributed by atoms with Crippen LogP contribution in [0.25, 0.3) is 5.76 Å². The van der Waals surface area contributed by atoms with Gasteiger partial charge in [-0.3, -0.25) is 0 Å². The van der Waals surface area contributed by atoms with Crippen LogP contribution in [0.5, 0.6) is 0 Å². The number of aliphatic hydroxyl groups excluding tert-OH is 1. The predicted octanol–water partition coefficient (Wildman–Crippen LogP) is 2.77. The molecule has 0 amide bonds. The number of rotatable bonds is 5. The molecule has 1 aromatic heterocycles. The fourth-order valence-corrected chi connectivity index (χ4v) is 1.68. The van der Waals surface area contributed by atoms with Gasteiger partial charge in [-0.25, -0.2) is 9.78 Å². The van der Waals surface area contributed by atoms with Crippen LogP contribution in [0.1, 0.15) is 12.5 Å². The fraction of sp³-hybridized carbons (Fsp3) is 0.308. The van der Waals surface area contributed by atoms with Gasteiger partial charge in [0.25, 0.3) is 0 Å². The quantitative estimate of drug-likeness (QED) is 0.224. The predicted molar refractivity (Wildman–Crippen MR) is 82.6 cm³/mol. The van der Waals surface area contributed by atoms with E-state index in [-0.39, 0.29) is 33.7 Å². The summed E-state index contributed by atoms with van der Waals surface area (Å²) in [4.78, 5) is 15.7. The number of hydrazone groups is 1. The third-order valence-corrected chi connectivity index (χ3v) is 2.75. The van der Waals surface area contributed by atoms with E-state index >= 15 is 0 Å². The van der Waals surface area contributed by atoms with Crippen LogP contribution in [0.4, 0.5) is 0 Å². The molecule has 0 radical (unpaired) electrons. The minimum Gasteiger partial charge on any atom is -0.506 e. The lowest BCUT2D eigenvalue weighted by molar-refractivity contribution is -0.137. The molecule has 0 atom stereocenters. The highest BCUT2D eigenvalue weighted by Gasteiger charge is 2.19. The van der Waals surface area contributed by atoms with Gasteiger partial charge in [-0.05, 0) is 13.0 Å². The van der Waals surface area contributed by atoms with E-state index in [1.165, 1.54) is 23.5 Å². The van der Waals surface area contributed by atoms with Crippen molar-refractivity contribution in [3.8, 4) is 0 Å². The molecule has 0 unspecified atom stereocenters. The van der Waals surface area contributed by atoms with E-state index in [0.717, 1.165) is 0 Å². The van der Waals surface area contributed by atoms with Crippen molar-refractivity contribution in [2.45, 2.75) is 6.92 Å². The standard InChI is InChI=1S/C13H15Cl2N3O3/c1-4-21-13(20)9(6-17-18(2)3)12(19)8-5-11(15)16-7-10(8)14/h5-7,19H,4H2,1-3H3. The summed E-state index contributed by atoms with van der Waals surface area (Å²) in [5.74, 6) is -1.10. The Morgan fingerprint density at radius 1 is 1.52 bits per heavy atom. The van der Waals surface area contributed by atoms with E-state index in [2.05, 4.69) is 10.1 Å². The van der Waals surface area contributed by atoms with Gasteiger partial charge in [-0.1, -0.05) is 23.2 Å². The molecule has 0 saturated carbocycles. The van der Waals surface area contributed by atoms with Crippen molar-refractivity contribution in [2.24, 2.45) is 5.10 Å². The van der Waals surface area contributed by atoms with Crippen LogP contribution < -0.4 is 0 Å². The van der Waals surface area contributed by atoms with Crippen molar-refractivity contribution >= 4 is 41.1 Å². The first-order valence-electron chi connectivity index (χ1n) is 5.99. The van der Waals surface area contributed by atoms with E-state index < -0.39 is 5.97 Å². The monoisotopic (exact) mass is 331 g/mol. The number of ether oxygens (including phenoxy) is 1. The molecule has 0 aliphatic carbocycles. The Morgan fingerprint density at radius 3 is 2.76 bits per heavy atom. The van der Waals surface area contributed by atoms with Crippen molar-refractivity contribution in [1.29, 1.82) is 0 Å². The third kappa shape index (κ3) is 4.91. The Bertz CT molecular complexity index is 586. The molecular weight excluding hydrogens is 317 g/mol. The van der Waals surface area contributed by atoms with Gasteiger partial charge in [0.1, 0.15) is 16.5 Å². The topological polar surface area (TPSA) is 75.0 Å². The fourth-order valence-electron chi connectivity index (χ4n) is 1.33. The molecular formula is C13H15Cl2N3O3. The molecule has 0 aromatic carbocycles. The van der Waals surface area contributed by atoms with Gasteiger partial charge in [-0.15, -0.1) is 0 Å². The largest absolute Gasteiger partial charge is 0.506 e. The molecule has 1 heterocycles. The maximum Gasteiger partial charge on any atom is 0.343 e. The smallest absolute Gasteiger partial charge is 0.343 e. The summed E-state index contributed by atoms with van der Waals surface area (Å²) in [6.07, 6.45) is 2.47. The summed E-state index contributed by atoms with van der Waals surface area (Å²) in [6, 6.07) is 1.35. The number of aromatic nitrogens is 1. The SMILES string of the molecule is CCOC(=O)C(C=NN(C)C)=C(O)c1cc(Cl)ncc1Cl. The Labute approximate surface area is 132 Å². The zero-order chi connectivity index (χ0) is 16.0. The number of carbonyl (C=O) groups excluding carboxylic acids is 1.